The molecule has 0 aliphatic carbocycles. The minimum absolute atomic E-state index is 0.172. The third-order valence-corrected chi connectivity index (χ3v) is 3.54. The number of aryl methyl sites for hydroxylation is 1. The number of hydrogen-bond acceptors (Lipinski definition) is 3. The van der Waals surface area contributed by atoms with Gasteiger partial charge in [0.25, 0.3) is 0 Å². The molecule has 0 saturated heterocycles. The number of benzene rings is 2. The first kappa shape index (κ1) is 16.8. The molecule has 4 nitrogen and oxygen atoms in total. The van der Waals surface area contributed by atoms with Crippen molar-refractivity contribution >= 4 is 23.2 Å². The monoisotopic (exact) mass is 332 g/mol. The van der Waals surface area contributed by atoms with Crippen LogP contribution in [0.1, 0.15) is 17.5 Å². The molecule has 2 aromatic carbocycles. The topological polar surface area (TPSA) is 62.1 Å². The Morgan fingerprint density at radius 2 is 2.13 bits per heavy atom. The van der Waals surface area contributed by atoms with E-state index in [1.807, 2.05) is 6.07 Å². The second-order valence-corrected chi connectivity index (χ2v) is 5.23. The average molecular weight is 333 g/mol. The third-order valence-electron chi connectivity index (χ3n) is 3.23. The third kappa shape index (κ3) is 4.44. The maximum atomic E-state index is 13.6. The molecule has 0 aliphatic rings. The number of nitrogens with one attached hydrogen (secondary N) is 1. The summed E-state index contributed by atoms with van der Waals surface area (Å²) in [5, 5.41) is 11.8. The Balaban J connectivity index is 1.94. The van der Waals surface area contributed by atoms with E-state index in [0.29, 0.717) is 23.2 Å². The van der Waals surface area contributed by atoms with Crippen LogP contribution in [0.4, 0.5) is 10.1 Å². The van der Waals surface area contributed by atoms with E-state index >= 15 is 0 Å². The zero-order valence-corrected chi connectivity index (χ0v) is 13.2. The number of ether oxygens (including phenoxy) is 1. The molecule has 118 valence electrons. The molecule has 2 rings (SSSR count). The first-order valence-electron chi connectivity index (χ1n) is 6.85. The van der Waals surface area contributed by atoms with Crippen molar-refractivity contribution in [1.29, 1.82) is 5.26 Å². The SMILES string of the molecule is COc1ccc(CCC(=O)Nc2ccc(C#N)c(Cl)c2)cc1F. The maximum absolute atomic E-state index is 13.6. The quantitative estimate of drug-likeness (QED) is 0.902. The van der Waals surface area contributed by atoms with Gasteiger partial charge in [0, 0.05) is 12.1 Å². The van der Waals surface area contributed by atoms with Gasteiger partial charge in [0.2, 0.25) is 5.91 Å². The summed E-state index contributed by atoms with van der Waals surface area (Å²) >= 11 is 5.90. The number of hydrogen-bond donors (Lipinski definition) is 1. The van der Waals surface area contributed by atoms with E-state index < -0.39 is 5.82 Å². The predicted octanol–water partition coefficient (Wildman–Crippen LogP) is 3.93. The largest absolute Gasteiger partial charge is 0.494 e. The van der Waals surface area contributed by atoms with Crippen LogP contribution in [-0.2, 0) is 11.2 Å². The summed E-state index contributed by atoms with van der Waals surface area (Å²) < 4.78 is 18.4. The number of methoxy groups -OCH3 is 1. The molecule has 0 aliphatic heterocycles. The zero-order chi connectivity index (χ0) is 16.8. The van der Waals surface area contributed by atoms with E-state index in [4.69, 9.17) is 21.6 Å². The van der Waals surface area contributed by atoms with Gasteiger partial charge in [-0.05, 0) is 42.3 Å². The number of carbonyl (C=O) groups is 1. The molecular weight excluding hydrogens is 319 g/mol. The highest BCUT2D eigenvalue weighted by Crippen LogP contribution is 2.21. The van der Waals surface area contributed by atoms with Crippen LogP contribution in [0.25, 0.3) is 0 Å². The number of anilines is 1. The summed E-state index contributed by atoms with van der Waals surface area (Å²) in [6.45, 7) is 0. The smallest absolute Gasteiger partial charge is 0.224 e. The minimum atomic E-state index is -0.454. The van der Waals surface area contributed by atoms with Crippen LogP contribution < -0.4 is 10.1 Å². The summed E-state index contributed by atoms with van der Waals surface area (Å²) in [5.74, 6) is -0.503. The molecule has 1 amide bonds. The van der Waals surface area contributed by atoms with Crippen molar-refractivity contribution in [2.75, 3.05) is 12.4 Å². The number of rotatable bonds is 5. The Bertz CT molecular complexity index is 772. The second kappa shape index (κ2) is 7.61. The van der Waals surface area contributed by atoms with Crippen LogP contribution in [0.2, 0.25) is 5.02 Å². The Morgan fingerprint density at radius 3 is 2.74 bits per heavy atom. The number of amides is 1. The molecule has 0 radical (unpaired) electrons. The molecular formula is C17H14ClFN2O2. The van der Waals surface area contributed by atoms with Gasteiger partial charge in [0.1, 0.15) is 6.07 Å². The summed E-state index contributed by atoms with van der Waals surface area (Å²) in [5.41, 5.74) is 1.56. The molecule has 0 fully saturated rings. The lowest BCUT2D eigenvalue weighted by atomic mass is 10.1. The molecule has 0 saturated carbocycles. The molecule has 1 N–H and O–H groups in total. The van der Waals surface area contributed by atoms with Gasteiger partial charge in [-0.15, -0.1) is 0 Å². The van der Waals surface area contributed by atoms with Crippen LogP contribution in [0.5, 0.6) is 5.75 Å². The molecule has 0 aromatic heterocycles. The lowest BCUT2D eigenvalue weighted by Crippen LogP contribution is -2.12. The first-order valence-corrected chi connectivity index (χ1v) is 7.23. The van der Waals surface area contributed by atoms with E-state index in [-0.39, 0.29) is 23.1 Å². The van der Waals surface area contributed by atoms with Crippen LogP contribution in [0, 0.1) is 17.1 Å². The standard InChI is InChI=1S/C17H14ClFN2O2/c1-23-16-6-2-11(8-15(16)19)3-7-17(22)21-13-5-4-12(10-20)14(18)9-13/h2,4-6,8-9H,3,7H2,1H3,(H,21,22). The second-order valence-electron chi connectivity index (χ2n) is 4.82. The predicted molar refractivity (Wildman–Crippen MR) is 86.1 cm³/mol. The van der Waals surface area contributed by atoms with Gasteiger partial charge in [-0.3, -0.25) is 4.79 Å². The molecule has 0 bridgehead atoms. The van der Waals surface area contributed by atoms with Crippen molar-refractivity contribution in [3.05, 3.63) is 58.4 Å². The van der Waals surface area contributed by atoms with E-state index in [1.54, 1.807) is 12.1 Å². The lowest BCUT2D eigenvalue weighted by Gasteiger charge is -2.07. The Labute approximate surface area is 138 Å². The van der Waals surface area contributed by atoms with Crippen molar-refractivity contribution < 1.29 is 13.9 Å². The van der Waals surface area contributed by atoms with E-state index in [0.717, 1.165) is 0 Å². The molecule has 0 atom stereocenters. The molecule has 0 heterocycles. The number of halogens is 2. The summed E-state index contributed by atoms with van der Waals surface area (Å²) in [7, 11) is 1.40. The molecule has 0 unspecified atom stereocenters. The maximum Gasteiger partial charge on any atom is 0.224 e. The van der Waals surface area contributed by atoms with Crippen molar-refractivity contribution in [2.45, 2.75) is 12.8 Å². The first-order chi connectivity index (χ1) is 11.0. The molecule has 23 heavy (non-hydrogen) atoms. The number of nitriles is 1. The highest BCUT2D eigenvalue weighted by atomic mass is 35.5. The minimum Gasteiger partial charge on any atom is -0.494 e. The van der Waals surface area contributed by atoms with Gasteiger partial charge in [0.15, 0.2) is 11.6 Å². The van der Waals surface area contributed by atoms with E-state index in [2.05, 4.69) is 5.32 Å². The van der Waals surface area contributed by atoms with Gasteiger partial charge >= 0.3 is 0 Å². The Hall–Kier alpha value is -2.58. The summed E-state index contributed by atoms with van der Waals surface area (Å²) in [6.07, 6.45) is 0.597. The van der Waals surface area contributed by atoms with Crippen molar-refractivity contribution in [2.24, 2.45) is 0 Å². The fourth-order valence-corrected chi connectivity index (χ4v) is 2.25. The fraction of sp³-hybridized carbons (Fsp3) is 0.176. The number of nitrogens with zero attached hydrogens (tertiary/aromatic N) is 1. The normalized spacial score (nSPS) is 10.0. The van der Waals surface area contributed by atoms with Gasteiger partial charge in [-0.2, -0.15) is 5.26 Å². The van der Waals surface area contributed by atoms with Crippen LogP contribution in [0.15, 0.2) is 36.4 Å². The van der Waals surface area contributed by atoms with Crippen LogP contribution in [0.3, 0.4) is 0 Å². The summed E-state index contributed by atoms with van der Waals surface area (Å²) in [6, 6.07) is 11.2. The summed E-state index contributed by atoms with van der Waals surface area (Å²) in [4.78, 5) is 11.9. The van der Waals surface area contributed by atoms with E-state index in [9.17, 15) is 9.18 Å². The number of carbonyl (C=O) groups excluding carboxylic acids is 1. The van der Waals surface area contributed by atoms with Gasteiger partial charge in [-0.25, -0.2) is 4.39 Å². The van der Waals surface area contributed by atoms with Crippen LogP contribution in [-0.4, -0.2) is 13.0 Å². The van der Waals surface area contributed by atoms with Gasteiger partial charge in [0.05, 0.1) is 17.7 Å². The van der Waals surface area contributed by atoms with Crippen molar-refractivity contribution in [3.8, 4) is 11.8 Å². The van der Waals surface area contributed by atoms with Gasteiger partial charge in [-0.1, -0.05) is 17.7 Å². The molecule has 6 heteroatoms. The van der Waals surface area contributed by atoms with Crippen molar-refractivity contribution in [3.63, 3.8) is 0 Å². The Kier molecular flexibility index (Phi) is 5.56. The molecule has 0 spiro atoms. The van der Waals surface area contributed by atoms with Crippen molar-refractivity contribution in [1.82, 2.24) is 0 Å². The fourth-order valence-electron chi connectivity index (χ4n) is 2.03. The van der Waals surface area contributed by atoms with E-state index in [1.165, 1.54) is 31.4 Å². The highest BCUT2D eigenvalue weighted by molar-refractivity contribution is 6.32. The van der Waals surface area contributed by atoms with Gasteiger partial charge < -0.3 is 10.1 Å². The lowest BCUT2D eigenvalue weighted by molar-refractivity contribution is -0.116. The molecule has 2 aromatic rings. The average Bonchev–Trinajstić information content (AvgIpc) is 2.53. The zero-order valence-electron chi connectivity index (χ0n) is 12.4. The highest BCUT2D eigenvalue weighted by Gasteiger charge is 2.08. The Morgan fingerprint density at radius 1 is 1.35 bits per heavy atom. The van der Waals surface area contributed by atoms with Crippen LogP contribution >= 0.6 is 11.6 Å².